The number of carbonyl (C=O) groups excluding carboxylic acids is 1. The molecule has 1 atom stereocenters. The van der Waals surface area contributed by atoms with E-state index in [1.807, 2.05) is 20.0 Å². The predicted octanol–water partition coefficient (Wildman–Crippen LogP) is 3.60. The average Bonchev–Trinajstić information content (AvgIpc) is 2.75. The predicted molar refractivity (Wildman–Crippen MR) is 88.4 cm³/mol. The van der Waals surface area contributed by atoms with Gasteiger partial charge in [-0.3, -0.25) is 9.48 Å². The van der Waals surface area contributed by atoms with E-state index in [1.54, 1.807) is 4.68 Å². The first-order valence-electron chi connectivity index (χ1n) is 8.47. The fraction of sp³-hybridized carbons (Fsp3) is 0.765. The summed E-state index contributed by atoms with van der Waals surface area (Å²) in [4.78, 5) is 12.8. The lowest BCUT2D eigenvalue weighted by atomic mass is 9.53. The lowest BCUT2D eigenvalue weighted by Gasteiger charge is -2.57. The number of rotatable bonds is 3. The second-order valence-electron chi connectivity index (χ2n) is 7.91. The third kappa shape index (κ3) is 2.41. The monoisotopic (exact) mass is 365 g/mol. The van der Waals surface area contributed by atoms with Crippen molar-refractivity contribution in [3.8, 4) is 0 Å². The minimum Gasteiger partial charge on any atom is -0.349 e. The fourth-order valence-corrected chi connectivity index (χ4v) is 5.70. The Hall–Kier alpha value is -0.840. The quantitative estimate of drug-likeness (QED) is 0.889. The molecule has 22 heavy (non-hydrogen) atoms. The minimum atomic E-state index is -0.252. The summed E-state index contributed by atoms with van der Waals surface area (Å²) in [5, 5.41) is 7.87. The molecule has 1 aromatic heterocycles. The maximum absolute atomic E-state index is 12.8. The van der Waals surface area contributed by atoms with Crippen LogP contribution < -0.4 is 5.32 Å². The summed E-state index contributed by atoms with van der Waals surface area (Å²) in [7, 11) is 0. The van der Waals surface area contributed by atoms with Crippen LogP contribution in [0.25, 0.3) is 0 Å². The summed E-state index contributed by atoms with van der Waals surface area (Å²) < 4.78 is 2.73. The molecule has 1 unspecified atom stereocenters. The van der Waals surface area contributed by atoms with Gasteiger partial charge in [-0.15, -0.1) is 0 Å². The van der Waals surface area contributed by atoms with Crippen molar-refractivity contribution in [2.24, 2.45) is 17.8 Å². The maximum atomic E-state index is 12.8. The number of aryl methyl sites for hydroxylation is 1. The molecule has 0 aromatic carbocycles. The van der Waals surface area contributed by atoms with E-state index >= 15 is 0 Å². The van der Waals surface area contributed by atoms with E-state index in [0.29, 0.717) is 0 Å². The molecule has 0 radical (unpaired) electrons. The summed E-state index contributed by atoms with van der Waals surface area (Å²) in [6, 6.07) is -0.252. The van der Waals surface area contributed by atoms with Crippen LogP contribution in [0.1, 0.15) is 57.2 Å². The summed E-state index contributed by atoms with van der Waals surface area (Å²) in [6.45, 7) is 3.89. The molecule has 4 nitrogen and oxygen atoms in total. The van der Waals surface area contributed by atoms with Gasteiger partial charge in [0.2, 0.25) is 5.91 Å². The van der Waals surface area contributed by atoms with Crippen molar-refractivity contribution >= 4 is 21.8 Å². The van der Waals surface area contributed by atoms with E-state index in [4.69, 9.17) is 0 Å². The Labute approximate surface area is 140 Å². The first-order valence-corrected chi connectivity index (χ1v) is 9.27. The molecule has 1 amide bonds. The molecule has 5 rings (SSSR count). The van der Waals surface area contributed by atoms with Crippen LogP contribution in [0.4, 0.5) is 0 Å². The van der Waals surface area contributed by atoms with E-state index in [2.05, 4.69) is 26.3 Å². The molecule has 120 valence electrons. The smallest absolute Gasteiger partial charge is 0.245 e. The van der Waals surface area contributed by atoms with E-state index in [1.165, 1.54) is 38.5 Å². The van der Waals surface area contributed by atoms with Gasteiger partial charge in [-0.05, 0) is 86.1 Å². The van der Waals surface area contributed by atoms with Crippen molar-refractivity contribution in [1.29, 1.82) is 0 Å². The van der Waals surface area contributed by atoms with Crippen molar-refractivity contribution in [3.05, 3.63) is 16.4 Å². The molecule has 1 N–H and O–H groups in total. The van der Waals surface area contributed by atoms with Crippen LogP contribution in [0, 0.1) is 24.7 Å². The molecule has 4 aliphatic rings. The Morgan fingerprint density at radius 2 is 1.86 bits per heavy atom. The van der Waals surface area contributed by atoms with Gasteiger partial charge in [-0.2, -0.15) is 5.10 Å². The Bertz CT molecular complexity index is 554. The highest BCUT2D eigenvalue weighted by Gasteiger charge is 2.51. The normalized spacial score (nSPS) is 37.3. The summed E-state index contributed by atoms with van der Waals surface area (Å²) in [5.74, 6) is 2.67. The minimum absolute atomic E-state index is 0.0829. The molecule has 4 saturated carbocycles. The highest BCUT2D eigenvalue weighted by molar-refractivity contribution is 9.10. The van der Waals surface area contributed by atoms with Gasteiger partial charge in [0.05, 0.1) is 10.2 Å². The van der Waals surface area contributed by atoms with Gasteiger partial charge in [0, 0.05) is 11.7 Å². The van der Waals surface area contributed by atoms with Crippen molar-refractivity contribution in [2.75, 3.05) is 0 Å². The molecular formula is C17H24BrN3O. The van der Waals surface area contributed by atoms with Crippen LogP contribution in [-0.2, 0) is 4.79 Å². The second-order valence-corrected chi connectivity index (χ2v) is 8.76. The standard InChI is InChI=1S/C17H24BrN3O/c1-10-15(18)9-21(20-10)11(2)16(22)19-17-6-12-3-13(7-17)5-14(4-12)8-17/h9,11-14H,3-8H2,1-2H3,(H,19,22). The summed E-state index contributed by atoms with van der Waals surface area (Å²) in [6.07, 6.45) is 9.68. The number of aromatic nitrogens is 2. The largest absolute Gasteiger partial charge is 0.349 e. The Kier molecular flexibility index (Phi) is 3.40. The number of hydrogen-bond acceptors (Lipinski definition) is 2. The molecule has 1 aromatic rings. The lowest BCUT2D eigenvalue weighted by molar-refractivity contribution is -0.129. The molecule has 4 fully saturated rings. The molecule has 1 heterocycles. The Balaban J connectivity index is 1.49. The van der Waals surface area contributed by atoms with Crippen LogP contribution in [0.5, 0.6) is 0 Å². The maximum Gasteiger partial charge on any atom is 0.245 e. The van der Waals surface area contributed by atoms with Crippen LogP contribution >= 0.6 is 15.9 Å². The molecule has 4 bridgehead atoms. The molecular weight excluding hydrogens is 342 g/mol. The highest BCUT2D eigenvalue weighted by Crippen LogP contribution is 2.55. The number of amides is 1. The lowest BCUT2D eigenvalue weighted by Crippen LogP contribution is -2.60. The van der Waals surface area contributed by atoms with Gasteiger partial charge in [0.15, 0.2) is 0 Å². The average molecular weight is 366 g/mol. The van der Waals surface area contributed by atoms with Crippen LogP contribution in [-0.4, -0.2) is 21.2 Å². The van der Waals surface area contributed by atoms with E-state index < -0.39 is 0 Å². The van der Waals surface area contributed by atoms with E-state index in [0.717, 1.165) is 27.9 Å². The zero-order chi connectivity index (χ0) is 15.5. The first-order chi connectivity index (χ1) is 10.4. The van der Waals surface area contributed by atoms with Gasteiger partial charge < -0.3 is 5.32 Å². The van der Waals surface area contributed by atoms with Gasteiger partial charge in [0.1, 0.15) is 6.04 Å². The molecule has 4 aliphatic carbocycles. The Morgan fingerprint density at radius 1 is 1.32 bits per heavy atom. The van der Waals surface area contributed by atoms with E-state index in [9.17, 15) is 4.79 Å². The summed E-state index contributed by atoms with van der Waals surface area (Å²) in [5.41, 5.74) is 1.01. The number of halogens is 1. The fourth-order valence-electron chi connectivity index (χ4n) is 5.41. The van der Waals surface area contributed by atoms with Crippen molar-refractivity contribution < 1.29 is 4.79 Å². The highest BCUT2D eigenvalue weighted by atomic mass is 79.9. The van der Waals surface area contributed by atoms with Crippen LogP contribution in [0.3, 0.4) is 0 Å². The third-order valence-electron chi connectivity index (χ3n) is 6.06. The van der Waals surface area contributed by atoms with Crippen molar-refractivity contribution in [1.82, 2.24) is 15.1 Å². The Morgan fingerprint density at radius 3 is 2.32 bits per heavy atom. The third-order valence-corrected chi connectivity index (χ3v) is 6.84. The summed E-state index contributed by atoms with van der Waals surface area (Å²) >= 11 is 3.47. The molecule has 5 heteroatoms. The van der Waals surface area contributed by atoms with Crippen LogP contribution in [0.2, 0.25) is 0 Å². The molecule has 0 spiro atoms. The van der Waals surface area contributed by atoms with Crippen LogP contribution in [0.15, 0.2) is 10.7 Å². The van der Waals surface area contributed by atoms with Gasteiger partial charge in [0.25, 0.3) is 0 Å². The number of hydrogen-bond donors (Lipinski definition) is 1. The topological polar surface area (TPSA) is 46.9 Å². The van der Waals surface area contributed by atoms with E-state index in [-0.39, 0.29) is 17.5 Å². The first kappa shape index (κ1) is 14.7. The van der Waals surface area contributed by atoms with Gasteiger partial charge >= 0.3 is 0 Å². The molecule has 0 aliphatic heterocycles. The number of nitrogens with one attached hydrogen (secondary N) is 1. The second kappa shape index (κ2) is 5.08. The van der Waals surface area contributed by atoms with Crippen molar-refractivity contribution in [3.63, 3.8) is 0 Å². The number of carbonyl (C=O) groups is 1. The number of nitrogens with zero attached hydrogens (tertiary/aromatic N) is 2. The molecule has 0 saturated heterocycles. The van der Waals surface area contributed by atoms with Gasteiger partial charge in [-0.1, -0.05) is 0 Å². The zero-order valence-electron chi connectivity index (χ0n) is 13.3. The SMILES string of the molecule is Cc1nn(C(C)C(=O)NC23CC4CC(CC(C4)C2)C3)cc1Br. The zero-order valence-corrected chi connectivity index (χ0v) is 14.9. The van der Waals surface area contributed by atoms with Gasteiger partial charge in [-0.25, -0.2) is 0 Å². The van der Waals surface area contributed by atoms with Crippen molar-refractivity contribution in [2.45, 2.75) is 64.0 Å².